The second kappa shape index (κ2) is 5.49. The van der Waals surface area contributed by atoms with Gasteiger partial charge in [-0.05, 0) is 12.1 Å². The Balaban J connectivity index is 0.000000329. The predicted molar refractivity (Wildman–Crippen MR) is 63.8 cm³/mol. The topological polar surface area (TPSA) is 71.8 Å². The van der Waals surface area contributed by atoms with E-state index in [2.05, 4.69) is 69.6 Å². The first-order valence-corrected chi connectivity index (χ1v) is 5.50. The lowest BCUT2D eigenvalue weighted by Crippen LogP contribution is -2.52. The molecule has 0 fully saturated rings. The zero-order valence-electron chi connectivity index (χ0n) is 9.58. The average molecular weight is 231 g/mol. The Hall–Kier alpha value is -1.82. The third kappa shape index (κ3) is 2.47. The Bertz CT molecular complexity index is 452. The second-order valence-electron chi connectivity index (χ2n) is 3.73. The summed E-state index contributed by atoms with van der Waals surface area (Å²) in [6.07, 6.45) is 4.29. The molecule has 17 heavy (non-hydrogen) atoms. The molecule has 88 valence electrons. The summed E-state index contributed by atoms with van der Waals surface area (Å²) >= 11 is 0. The van der Waals surface area contributed by atoms with Gasteiger partial charge in [0.05, 0.1) is 0 Å². The van der Waals surface area contributed by atoms with Crippen molar-refractivity contribution in [3.05, 3.63) is 48.8 Å². The highest BCUT2D eigenvalue weighted by Crippen LogP contribution is 2.11. The summed E-state index contributed by atoms with van der Waals surface area (Å²) in [4.78, 5) is 0. The van der Waals surface area contributed by atoms with Gasteiger partial charge in [-0.3, -0.25) is 11.7 Å². The van der Waals surface area contributed by atoms with Crippen molar-refractivity contribution in [1.29, 1.82) is 0 Å². The molecule has 3 rings (SSSR count). The molecule has 0 radical (unpaired) electrons. The molecule has 1 aliphatic rings. The molecular weight excluding hydrogens is 214 g/mol. The summed E-state index contributed by atoms with van der Waals surface area (Å²) in [5, 5.41) is 0. The fraction of sp³-hybridized carbons (Fsp3) is 0.167. The van der Waals surface area contributed by atoms with Crippen molar-refractivity contribution in [1.82, 2.24) is 5.53 Å². The molecule has 0 aliphatic carbocycles. The van der Waals surface area contributed by atoms with Crippen LogP contribution in [0.1, 0.15) is 0 Å². The number of aromatic nitrogens is 2. The van der Waals surface area contributed by atoms with Crippen molar-refractivity contribution in [2.24, 2.45) is 11.7 Å². The summed E-state index contributed by atoms with van der Waals surface area (Å²) in [5.41, 5.74) is 4.36. The average Bonchev–Trinajstić information content (AvgIpc) is 2.40. The van der Waals surface area contributed by atoms with Gasteiger partial charge < -0.3 is 0 Å². The van der Waals surface area contributed by atoms with E-state index in [0.29, 0.717) is 0 Å². The van der Waals surface area contributed by atoms with Gasteiger partial charge in [0.2, 0.25) is 13.1 Å². The zero-order chi connectivity index (χ0) is 12.1. The van der Waals surface area contributed by atoms with Crippen molar-refractivity contribution in [2.75, 3.05) is 0 Å². The first kappa shape index (κ1) is 11.7. The minimum absolute atomic E-state index is 1.07. The Morgan fingerprint density at radius 3 is 1.65 bits per heavy atom. The standard InChI is InChI=1S/C12H12N2.H5N3/c1-3-7-13-9-10-14-8-4-2-6-12(14)11(13)5-1;1-3-2/h1-8H,9-10H2;3H,1-2H2/q+2;. The van der Waals surface area contributed by atoms with Crippen LogP contribution in [0.15, 0.2) is 48.8 Å². The maximum Gasteiger partial charge on any atom is 0.277 e. The lowest BCUT2D eigenvalue weighted by molar-refractivity contribution is -0.794. The van der Waals surface area contributed by atoms with Gasteiger partial charge in [0, 0.05) is 24.3 Å². The molecule has 2 aromatic heterocycles. The van der Waals surface area contributed by atoms with E-state index in [-0.39, 0.29) is 0 Å². The number of nitrogens with two attached hydrogens (primary N) is 2. The molecular formula is C12H17N5+2. The summed E-state index contributed by atoms with van der Waals surface area (Å²) < 4.78 is 4.60. The fourth-order valence-corrected chi connectivity index (χ4v) is 2.02. The molecule has 0 spiro atoms. The smallest absolute Gasteiger partial charge is 0.258 e. The van der Waals surface area contributed by atoms with Crippen LogP contribution >= 0.6 is 0 Å². The van der Waals surface area contributed by atoms with Crippen LogP contribution in [-0.2, 0) is 13.1 Å². The van der Waals surface area contributed by atoms with Gasteiger partial charge in [0.15, 0.2) is 12.4 Å². The highest BCUT2D eigenvalue weighted by molar-refractivity contribution is 5.46. The van der Waals surface area contributed by atoms with Crippen LogP contribution in [0.5, 0.6) is 0 Å². The van der Waals surface area contributed by atoms with E-state index >= 15 is 0 Å². The largest absolute Gasteiger partial charge is 0.277 e. The first-order chi connectivity index (χ1) is 8.36. The summed E-state index contributed by atoms with van der Waals surface area (Å²) in [5.74, 6) is 8.75. The SMILES string of the molecule is NNN.c1cc[n+]2c(c1)-c1cccc[n+]1CC2. The number of fused-ring (bicyclic) bond motifs is 3. The zero-order valence-corrected chi connectivity index (χ0v) is 9.58. The van der Waals surface area contributed by atoms with Crippen LogP contribution in [0.2, 0.25) is 0 Å². The lowest BCUT2D eigenvalue weighted by Gasteiger charge is -2.08. The van der Waals surface area contributed by atoms with E-state index in [9.17, 15) is 0 Å². The van der Waals surface area contributed by atoms with Crippen LogP contribution in [0.3, 0.4) is 0 Å². The molecule has 1 aliphatic heterocycles. The lowest BCUT2D eigenvalue weighted by atomic mass is 10.2. The third-order valence-corrected chi connectivity index (χ3v) is 2.73. The van der Waals surface area contributed by atoms with Gasteiger partial charge in [-0.25, -0.2) is 0 Å². The van der Waals surface area contributed by atoms with Crippen molar-refractivity contribution in [3.63, 3.8) is 0 Å². The van der Waals surface area contributed by atoms with Crippen LogP contribution in [0.4, 0.5) is 0 Å². The van der Waals surface area contributed by atoms with Crippen LogP contribution in [0, 0.1) is 0 Å². The van der Waals surface area contributed by atoms with Crippen LogP contribution < -0.4 is 26.4 Å². The third-order valence-electron chi connectivity index (χ3n) is 2.73. The number of hydrogen-bond acceptors (Lipinski definition) is 3. The summed E-state index contributed by atoms with van der Waals surface area (Å²) in [6.45, 7) is 2.13. The normalized spacial score (nSPS) is 11.9. The van der Waals surface area contributed by atoms with Gasteiger partial charge >= 0.3 is 0 Å². The molecule has 0 atom stereocenters. The second-order valence-corrected chi connectivity index (χ2v) is 3.73. The number of hydrazine groups is 2. The van der Waals surface area contributed by atoms with E-state index < -0.39 is 0 Å². The summed E-state index contributed by atoms with van der Waals surface area (Å²) in [6, 6.07) is 12.7. The number of aryl methyl sites for hydroxylation is 2. The first-order valence-electron chi connectivity index (χ1n) is 5.50. The molecule has 5 nitrogen and oxygen atoms in total. The van der Waals surface area contributed by atoms with E-state index in [1.165, 1.54) is 11.4 Å². The molecule has 2 aromatic rings. The van der Waals surface area contributed by atoms with E-state index in [1.54, 1.807) is 5.53 Å². The van der Waals surface area contributed by atoms with Crippen LogP contribution in [-0.4, -0.2) is 0 Å². The minimum Gasteiger partial charge on any atom is -0.258 e. The maximum absolute atomic E-state index is 4.38. The molecule has 5 N–H and O–H groups in total. The van der Waals surface area contributed by atoms with Gasteiger partial charge in [0.25, 0.3) is 11.4 Å². The Morgan fingerprint density at radius 2 is 1.24 bits per heavy atom. The molecule has 3 heterocycles. The van der Waals surface area contributed by atoms with E-state index in [1.807, 2.05) is 0 Å². The molecule has 0 unspecified atom stereocenters. The minimum atomic E-state index is 1.07. The van der Waals surface area contributed by atoms with Gasteiger partial charge in [0.1, 0.15) is 0 Å². The molecule has 0 aromatic carbocycles. The quantitative estimate of drug-likeness (QED) is 0.318. The Labute approximate surface area is 100 Å². The number of hydrogen-bond donors (Lipinski definition) is 3. The Morgan fingerprint density at radius 1 is 0.824 bits per heavy atom. The van der Waals surface area contributed by atoms with Gasteiger partial charge in [-0.2, -0.15) is 14.7 Å². The van der Waals surface area contributed by atoms with Crippen molar-refractivity contribution in [3.8, 4) is 11.4 Å². The number of rotatable bonds is 0. The monoisotopic (exact) mass is 231 g/mol. The Kier molecular flexibility index (Phi) is 3.77. The number of pyridine rings is 2. The van der Waals surface area contributed by atoms with Crippen molar-refractivity contribution < 1.29 is 9.13 Å². The van der Waals surface area contributed by atoms with E-state index in [0.717, 1.165) is 13.1 Å². The van der Waals surface area contributed by atoms with Gasteiger partial charge in [-0.15, -0.1) is 0 Å². The number of nitrogens with zero attached hydrogens (tertiary/aromatic N) is 2. The fourth-order valence-electron chi connectivity index (χ4n) is 2.02. The molecule has 0 bridgehead atoms. The maximum atomic E-state index is 4.38. The van der Waals surface area contributed by atoms with Crippen molar-refractivity contribution >= 4 is 0 Å². The van der Waals surface area contributed by atoms with E-state index in [4.69, 9.17) is 0 Å². The molecule has 0 saturated carbocycles. The molecule has 0 amide bonds. The van der Waals surface area contributed by atoms with Gasteiger partial charge in [-0.1, -0.05) is 0 Å². The predicted octanol–water partition coefficient (Wildman–Crippen LogP) is -0.734. The highest BCUT2D eigenvalue weighted by Gasteiger charge is 2.27. The molecule has 0 saturated heterocycles. The van der Waals surface area contributed by atoms with Crippen molar-refractivity contribution in [2.45, 2.75) is 13.1 Å². The van der Waals surface area contributed by atoms with Crippen LogP contribution in [0.25, 0.3) is 11.4 Å². The highest BCUT2D eigenvalue weighted by atomic mass is 15.4. The number of nitrogens with one attached hydrogen (secondary N) is 1. The molecule has 5 heteroatoms. The summed E-state index contributed by atoms with van der Waals surface area (Å²) in [7, 11) is 0.